The van der Waals surface area contributed by atoms with Gasteiger partial charge in [0.05, 0.1) is 43.6 Å². The number of thioether (sulfide) groups is 1. The van der Waals surface area contributed by atoms with Gasteiger partial charge in [-0.05, 0) is 58.1 Å². The van der Waals surface area contributed by atoms with Crippen LogP contribution in [0.2, 0.25) is 0 Å². The molecule has 2 aliphatic heterocycles. The molecule has 0 aromatic heterocycles. The number of aliphatic hydroxyl groups is 1. The van der Waals surface area contributed by atoms with E-state index in [1.165, 1.54) is 4.90 Å². The van der Waals surface area contributed by atoms with Crippen molar-refractivity contribution in [1.82, 2.24) is 4.90 Å². The number of aliphatic hydroxyl groups excluding tert-OH is 1. The Balaban J connectivity index is 1.10. The average Bonchev–Trinajstić information content (AvgIpc) is 3.39. The number of imide groups is 1. The van der Waals surface area contributed by atoms with Crippen LogP contribution in [0.5, 0.6) is 5.75 Å². The predicted molar refractivity (Wildman–Crippen MR) is 189 cm³/mol. The van der Waals surface area contributed by atoms with Gasteiger partial charge in [-0.1, -0.05) is 97.9 Å². The summed E-state index contributed by atoms with van der Waals surface area (Å²) in [5, 5.41) is 9.59. The Morgan fingerprint density at radius 1 is 0.735 bits per heavy atom. The molecule has 2 aliphatic rings. The fourth-order valence-electron chi connectivity index (χ4n) is 6.47. The molecule has 2 heterocycles. The third-order valence-electron chi connectivity index (χ3n) is 9.26. The fraction of sp³-hybridized carbons (Fsp3) is 0.220. The number of para-hydroxylation sites is 1. The first-order chi connectivity index (χ1) is 23.9. The van der Waals surface area contributed by atoms with Crippen LogP contribution in [-0.4, -0.2) is 40.8 Å². The SMILES string of the molecule is COc1ccccc1SCC1OC(c2ccc(-c3cccc(CN4C(=O)c5ccccc5C4=O)c3)cc2)OC(c2ccc(CO)cc2)C1C. The van der Waals surface area contributed by atoms with Crippen molar-refractivity contribution in [1.29, 1.82) is 0 Å². The normalized spacial score (nSPS) is 20.3. The predicted octanol–water partition coefficient (Wildman–Crippen LogP) is 8.23. The van der Waals surface area contributed by atoms with Crippen LogP contribution in [0.15, 0.2) is 126 Å². The number of carbonyl (C=O) groups excluding carboxylic acids is 2. The third-order valence-corrected chi connectivity index (χ3v) is 10.4. The highest BCUT2D eigenvalue weighted by Crippen LogP contribution is 2.44. The maximum Gasteiger partial charge on any atom is 0.261 e. The molecule has 8 heteroatoms. The molecule has 1 saturated heterocycles. The molecule has 1 fully saturated rings. The molecule has 5 aromatic rings. The Bertz CT molecular complexity index is 1930. The molecule has 0 bridgehead atoms. The molecule has 0 radical (unpaired) electrons. The molecule has 7 rings (SSSR count). The van der Waals surface area contributed by atoms with Crippen molar-refractivity contribution in [3.8, 4) is 16.9 Å². The number of methoxy groups -OCH3 is 1. The quantitative estimate of drug-likeness (QED) is 0.118. The van der Waals surface area contributed by atoms with Gasteiger partial charge in [-0.15, -0.1) is 11.8 Å². The highest BCUT2D eigenvalue weighted by molar-refractivity contribution is 7.99. The minimum absolute atomic E-state index is 0.0106. The topological polar surface area (TPSA) is 85.3 Å². The van der Waals surface area contributed by atoms with E-state index >= 15 is 0 Å². The molecule has 4 atom stereocenters. The van der Waals surface area contributed by atoms with Gasteiger partial charge >= 0.3 is 0 Å². The van der Waals surface area contributed by atoms with E-state index in [2.05, 4.69) is 13.0 Å². The molecule has 248 valence electrons. The minimum atomic E-state index is -0.587. The van der Waals surface area contributed by atoms with E-state index in [0.29, 0.717) is 16.9 Å². The maximum atomic E-state index is 12.9. The minimum Gasteiger partial charge on any atom is -0.496 e. The lowest BCUT2D eigenvalue weighted by atomic mass is 9.91. The zero-order valence-electron chi connectivity index (χ0n) is 27.3. The number of rotatable bonds is 10. The van der Waals surface area contributed by atoms with E-state index in [-0.39, 0.29) is 43.1 Å². The van der Waals surface area contributed by atoms with E-state index in [9.17, 15) is 14.7 Å². The second kappa shape index (κ2) is 14.4. The van der Waals surface area contributed by atoms with Crippen LogP contribution in [0.25, 0.3) is 11.1 Å². The summed E-state index contributed by atoms with van der Waals surface area (Å²) >= 11 is 1.71. The lowest BCUT2D eigenvalue weighted by Gasteiger charge is -2.41. The van der Waals surface area contributed by atoms with Crippen LogP contribution in [0, 0.1) is 5.92 Å². The zero-order valence-corrected chi connectivity index (χ0v) is 28.1. The molecular formula is C41H37NO6S. The van der Waals surface area contributed by atoms with Gasteiger partial charge in [-0.2, -0.15) is 0 Å². The third kappa shape index (κ3) is 6.78. The molecule has 7 nitrogen and oxygen atoms in total. The van der Waals surface area contributed by atoms with Crippen molar-refractivity contribution < 1.29 is 28.9 Å². The summed E-state index contributed by atoms with van der Waals surface area (Å²) in [6.45, 7) is 2.35. The summed E-state index contributed by atoms with van der Waals surface area (Å²) in [6.07, 6.45) is -0.917. The van der Waals surface area contributed by atoms with E-state index in [1.54, 1.807) is 43.1 Å². The Kier molecular flexibility index (Phi) is 9.64. The van der Waals surface area contributed by atoms with Gasteiger partial charge in [-0.25, -0.2) is 0 Å². The molecule has 4 unspecified atom stereocenters. The first-order valence-electron chi connectivity index (χ1n) is 16.3. The number of hydrogen-bond donors (Lipinski definition) is 1. The smallest absolute Gasteiger partial charge is 0.261 e. The summed E-state index contributed by atoms with van der Waals surface area (Å²) in [5.74, 6) is 1.08. The van der Waals surface area contributed by atoms with Crippen LogP contribution in [0.4, 0.5) is 0 Å². The second-order valence-electron chi connectivity index (χ2n) is 12.3. The number of amides is 2. The molecule has 0 aliphatic carbocycles. The fourth-order valence-corrected chi connectivity index (χ4v) is 7.66. The maximum absolute atomic E-state index is 12.9. The highest BCUT2D eigenvalue weighted by atomic mass is 32.2. The molecule has 2 amide bonds. The Hall–Kier alpha value is -4.73. The number of carbonyl (C=O) groups is 2. The van der Waals surface area contributed by atoms with Gasteiger partial charge in [-0.3, -0.25) is 14.5 Å². The van der Waals surface area contributed by atoms with Gasteiger partial charge in [0, 0.05) is 22.1 Å². The van der Waals surface area contributed by atoms with E-state index in [0.717, 1.165) is 44.0 Å². The van der Waals surface area contributed by atoms with Crippen LogP contribution >= 0.6 is 11.8 Å². The lowest BCUT2D eigenvalue weighted by molar-refractivity contribution is -0.268. The first kappa shape index (κ1) is 32.8. The summed E-state index contributed by atoms with van der Waals surface area (Å²) in [5.41, 5.74) is 6.54. The average molecular weight is 672 g/mol. The number of ether oxygens (including phenoxy) is 3. The molecule has 0 saturated carbocycles. The van der Waals surface area contributed by atoms with Crippen LogP contribution in [0.3, 0.4) is 0 Å². The first-order valence-corrected chi connectivity index (χ1v) is 17.3. The van der Waals surface area contributed by atoms with E-state index in [1.807, 2.05) is 91.0 Å². The second-order valence-corrected chi connectivity index (χ2v) is 13.4. The Morgan fingerprint density at radius 3 is 2.10 bits per heavy atom. The van der Waals surface area contributed by atoms with Gasteiger partial charge in [0.2, 0.25) is 0 Å². The summed E-state index contributed by atoms with van der Waals surface area (Å²) in [4.78, 5) is 28.3. The summed E-state index contributed by atoms with van der Waals surface area (Å²) < 4.78 is 18.9. The van der Waals surface area contributed by atoms with Gasteiger partial charge in [0.25, 0.3) is 11.8 Å². The number of fused-ring (bicyclic) bond motifs is 1. The van der Waals surface area contributed by atoms with Crippen molar-refractivity contribution in [2.24, 2.45) is 5.92 Å². The van der Waals surface area contributed by atoms with Gasteiger partial charge in [0.15, 0.2) is 6.29 Å². The highest BCUT2D eigenvalue weighted by Gasteiger charge is 2.39. The standard InChI is InChI=1S/C41H37NO6S/c1-26-36(25-49-37-13-6-5-12-35(37)46-2)47-41(48-38(26)30-16-14-27(24-43)15-17-30)31-20-18-29(19-21-31)32-9-7-8-28(22-32)23-42-39(44)33-10-3-4-11-34(33)40(42)45/h3-22,26,36,38,41,43H,23-25H2,1-2H3. The van der Waals surface area contributed by atoms with Crippen molar-refractivity contribution in [3.05, 3.63) is 155 Å². The van der Waals surface area contributed by atoms with E-state index in [4.69, 9.17) is 14.2 Å². The van der Waals surface area contributed by atoms with Gasteiger partial charge < -0.3 is 19.3 Å². The van der Waals surface area contributed by atoms with Crippen LogP contribution in [0.1, 0.15) is 62.3 Å². The Morgan fingerprint density at radius 2 is 1.41 bits per heavy atom. The largest absolute Gasteiger partial charge is 0.496 e. The molecule has 0 spiro atoms. The summed E-state index contributed by atoms with van der Waals surface area (Å²) in [6, 6.07) is 38.9. The Labute approximate surface area is 290 Å². The lowest BCUT2D eigenvalue weighted by Crippen LogP contribution is -2.38. The molecular weight excluding hydrogens is 635 g/mol. The van der Waals surface area contributed by atoms with Gasteiger partial charge in [0.1, 0.15) is 5.75 Å². The van der Waals surface area contributed by atoms with Crippen molar-refractivity contribution >= 4 is 23.6 Å². The van der Waals surface area contributed by atoms with Crippen LogP contribution < -0.4 is 4.74 Å². The van der Waals surface area contributed by atoms with Crippen molar-refractivity contribution in [3.63, 3.8) is 0 Å². The number of nitrogens with zero attached hydrogens (tertiary/aromatic N) is 1. The summed E-state index contributed by atoms with van der Waals surface area (Å²) in [7, 11) is 1.68. The number of hydrogen-bond acceptors (Lipinski definition) is 7. The van der Waals surface area contributed by atoms with Crippen molar-refractivity contribution in [2.75, 3.05) is 12.9 Å². The monoisotopic (exact) mass is 671 g/mol. The molecule has 5 aromatic carbocycles. The zero-order chi connectivity index (χ0) is 33.9. The molecule has 1 N–H and O–H groups in total. The van der Waals surface area contributed by atoms with Crippen LogP contribution in [-0.2, 0) is 22.6 Å². The molecule has 49 heavy (non-hydrogen) atoms. The van der Waals surface area contributed by atoms with E-state index < -0.39 is 6.29 Å². The van der Waals surface area contributed by atoms with Crippen molar-refractivity contribution in [2.45, 2.75) is 43.5 Å². The number of benzene rings is 5.